The summed E-state index contributed by atoms with van der Waals surface area (Å²) in [5.74, 6) is 0. The summed E-state index contributed by atoms with van der Waals surface area (Å²) in [7, 11) is 0. The number of hydrogen-bond donors (Lipinski definition) is 2. The minimum atomic E-state index is -0.929. The third kappa shape index (κ3) is 2.30. The maximum absolute atomic E-state index is 10.7. The zero-order valence-corrected chi connectivity index (χ0v) is 8.07. The summed E-state index contributed by atoms with van der Waals surface area (Å²) in [6, 6.07) is 2.18. The summed E-state index contributed by atoms with van der Waals surface area (Å²) in [4.78, 5) is 19.6. The molecule has 0 amide bonds. The lowest BCUT2D eigenvalue weighted by Gasteiger charge is -2.08. The van der Waals surface area contributed by atoms with Crippen LogP contribution in [0.15, 0.2) is 18.2 Å². The van der Waals surface area contributed by atoms with Gasteiger partial charge in [-0.25, -0.2) is 0 Å². The molecule has 1 rings (SSSR count). The van der Waals surface area contributed by atoms with Gasteiger partial charge in [0.15, 0.2) is 0 Å². The van der Waals surface area contributed by atoms with E-state index in [0.29, 0.717) is 0 Å². The molecule has 8 heteroatoms. The predicted octanol–water partition coefficient (Wildman–Crippen LogP) is 0.495. The standard InChI is InChI=1S/C8H9N3O5/c9-7(4-12)6-2-1-5(10(13)14)3-8(6)11(15)16/h1-3,7,12H,4,9H2/t7-/m0/s1. The van der Waals surface area contributed by atoms with E-state index < -0.39 is 28.2 Å². The van der Waals surface area contributed by atoms with E-state index in [1.165, 1.54) is 6.07 Å². The van der Waals surface area contributed by atoms with Crippen LogP contribution in [-0.2, 0) is 0 Å². The van der Waals surface area contributed by atoms with Crippen molar-refractivity contribution < 1.29 is 15.0 Å². The van der Waals surface area contributed by atoms with Crippen molar-refractivity contribution in [1.82, 2.24) is 0 Å². The van der Waals surface area contributed by atoms with Crippen LogP contribution in [0, 0.1) is 20.2 Å². The number of nitrogens with two attached hydrogens (primary N) is 1. The van der Waals surface area contributed by atoms with Gasteiger partial charge in [0.05, 0.1) is 28.6 Å². The molecule has 1 aromatic rings. The van der Waals surface area contributed by atoms with Crippen molar-refractivity contribution in [2.24, 2.45) is 5.73 Å². The molecule has 0 aliphatic heterocycles. The number of hydrogen-bond acceptors (Lipinski definition) is 6. The molecule has 0 aromatic heterocycles. The van der Waals surface area contributed by atoms with Crippen LogP contribution in [-0.4, -0.2) is 21.6 Å². The second kappa shape index (κ2) is 4.64. The largest absolute Gasteiger partial charge is 0.394 e. The Labute approximate surface area is 89.6 Å². The molecule has 1 atom stereocenters. The third-order valence-corrected chi connectivity index (χ3v) is 2.02. The highest BCUT2D eigenvalue weighted by atomic mass is 16.6. The molecule has 1 aromatic carbocycles. The fourth-order valence-corrected chi connectivity index (χ4v) is 1.22. The molecule has 0 saturated carbocycles. The molecule has 86 valence electrons. The van der Waals surface area contributed by atoms with Crippen molar-refractivity contribution in [3.8, 4) is 0 Å². The van der Waals surface area contributed by atoms with Crippen molar-refractivity contribution in [2.45, 2.75) is 6.04 Å². The highest BCUT2D eigenvalue weighted by Gasteiger charge is 2.22. The van der Waals surface area contributed by atoms with Gasteiger partial charge >= 0.3 is 0 Å². The SMILES string of the molecule is N[C@@H](CO)c1ccc([N+](=O)[O-])cc1[N+](=O)[O-]. The number of nitro benzene ring substituents is 2. The van der Waals surface area contributed by atoms with Crippen molar-refractivity contribution in [2.75, 3.05) is 6.61 Å². The fourth-order valence-electron chi connectivity index (χ4n) is 1.22. The Morgan fingerprint density at radius 1 is 1.31 bits per heavy atom. The van der Waals surface area contributed by atoms with Gasteiger partial charge in [0, 0.05) is 11.6 Å². The Morgan fingerprint density at radius 3 is 2.38 bits per heavy atom. The third-order valence-electron chi connectivity index (χ3n) is 2.02. The molecular formula is C8H9N3O5. The molecule has 0 fully saturated rings. The molecule has 0 spiro atoms. The van der Waals surface area contributed by atoms with Crippen LogP contribution in [0.2, 0.25) is 0 Å². The van der Waals surface area contributed by atoms with Gasteiger partial charge in [-0.1, -0.05) is 0 Å². The van der Waals surface area contributed by atoms with Gasteiger partial charge in [0.2, 0.25) is 0 Å². The van der Waals surface area contributed by atoms with E-state index in [1.54, 1.807) is 0 Å². The van der Waals surface area contributed by atoms with E-state index in [2.05, 4.69) is 0 Å². The fraction of sp³-hybridized carbons (Fsp3) is 0.250. The number of aliphatic hydroxyl groups excluding tert-OH is 1. The molecular weight excluding hydrogens is 218 g/mol. The van der Waals surface area contributed by atoms with E-state index in [0.717, 1.165) is 12.1 Å². The van der Waals surface area contributed by atoms with Gasteiger partial charge in [-0.05, 0) is 6.07 Å². The molecule has 0 heterocycles. The lowest BCUT2D eigenvalue weighted by Crippen LogP contribution is -2.16. The molecule has 0 radical (unpaired) electrons. The van der Waals surface area contributed by atoms with E-state index in [9.17, 15) is 20.2 Å². The zero-order chi connectivity index (χ0) is 12.3. The van der Waals surface area contributed by atoms with Gasteiger partial charge in [-0.3, -0.25) is 20.2 Å². The van der Waals surface area contributed by atoms with Crippen molar-refractivity contribution in [3.05, 3.63) is 44.0 Å². The molecule has 0 saturated heterocycles. The molecule has 0 aliphatic rings. The second-order valence-electron chi connectivity index (χ2n) is 3.05. The second-order valence-corrected chi connectivity index (χ2v) is 3.05. The van der Waals surface area contributed by atoms with Crippen LogP contribution in [0.4, 0.5) is 11.4 Å². The first-order chi connectivity index (χ1) is 7.47. The number of nitro groups is 2. The summed E-state index contributed by atoms with van der Waals surface area (Å²) in [5.41, 5.74) is 4.65. The molecule has 0 bridgehead atoms. The highest BCUT2D eigenvalue weighted by Crippen LogP contribution is 2.27. The normalized spacial score (nSPS) is 12.1. The van der Waals surface area contributed by atoms with E-state index in [1.807, 2.05) is 0 Å². The minimum absolute atomic E-state index is 0.0677. The number of aliphatic hydroxyl groups is 1. The van der Waals surface area contributed by atoms with Gasteiger partial charge in [-0.15, -0.1) is 0 Å². The van der Waals surface area contributed by atoms with Crippen LogP contribution < -0.4 is 5.73 Å². The van der Waals surface area contributed by atoms with Crippen molar-refractivity contribution in [1.29, 1.82) is 0 Å². The van der Waals surface area contributed by atoms with E-state index >= 15 is 0 Å². The van der Waals surface area contributed by atoms with Crippen molar-refractivity contribution >= 4 is 11.4 Å². The Hall–Kier alpha value is -2.06. The van der Waals surface area contributed by atoms with Gasteiger partial charge in [0.25, 0.3) is 11.4 Å². The molecule has 8 nitrogen and oxygen atoms in total. The van der Waals surface area contributed by atoms with E-state index in [4.69, 9.17) is 10.8 Å². The van der Waals surface area contributed by atoms with Gasteiger partial charge in [0.1, 0.15) is 0 Å². The first kappa shape index (κ1) is 12.0. The molecule has 16 heavy (non-hydrogen) atoms. The monoisotopic (exact) mass is 227 g/mol. The van der Waals surface area contributed by atoms with Crippen LogP contribution in [0.25, 0.3) is 0 Å². The quantitative estimate of drug-likeness (QED) is 0.568. The molecule has 0 unspecified atom stereocenters. The van der Waals surface area contributed by atoms with Crippen molar-refractivity contribution in [3.63, 3.8) is 0 Å². The minimum Gasteiger partial charge on any atom is -0.394 e. The Morgan fingerprint density at radius 2 is 1.94 bits per heavy atom. The number of benzene rings is 1. The summed E-state index contributed by atoms with van der Waals surface area (Å²) < 4.78 is 0. The summed E-state index contributed by atoms with van der Waals surface area (Å²) in [6.07, 6.45) is 0. The van der Waals surface area contributed by atoms with Crippen LogP contribution in [0.5, 0.6) is 0 Å². The highest BCUT2D eigenvalue weighted by molar-refractivity contribution is 5.50. The lowest BCUT2D eigenvalue weighted by atomic mass is 10.1. The van der Waals surface area contributed by atoms with Crippen LogP contribution in [0.1, 0.15) is 11.6 Å². The summed E-state index contributed by atoms with van der Waals surface area (Å²) in [5, 5.41) is 29.9. The van der Waals surface area contributed by atoms with Gasteiger partial charge < -0.3 is 10.8 Å². The Balaban J connectivity index is 3.30. The molecule has 0 aliphatic carbocycles. The smallest absolute Gasteiger partial charge is 0.281 e. The first-order valence-corrected chi connectivity index (χ1v) is 4.26. The van der Waals surface area contributed by atoms with Gasteiger partial charge in [-0.2, -0.15) is 0 Å². The number of rotatable bonds is 4. The Kier molecular flexibility index (Phi) is 3.48. The number of nitrogens with zero attached hydrogens (tertiary/aromatic N) is 2. The topological polar surface area (TPSA) is 133 Å². The predicted molar refractivity (Wildman–Crippen MR) is 53.8 cm³/mol. The number of non-ortho nitro benzene ring substituents is 1. The van der Waals surface area contributed by atoms with E-state index in [-0.39, 0.29) is 11.3 Å². The maximum Gasteiger partial charge on any atom is 0.281 e. The zero-order valence-electron chi connectivity index (χ0n) is 8.07. The maximum atomic E-state index is 10.7. The summed E-state index contributed by atoms with van der Waals surface area (Å²) in [6.45, 7) is -0.474. The average molecular weight is 227 g/mol. The summed E-state index contributed by atoms with van der Waals surface area (Å²) >= 11 is 0. The molecule has 3 N–H and O–H groups in total. The van der Waals surface area contributed by atoms with Crippen LogP contribution in [0.3, 0.4) is 0 Å². The average Bonchev–Trinajstić information content (AvgIpc) is 2.26. The van der Waals surface area contributed by atoms with Crippen LogP contribution >= 0.6 is 0 Å². The first-order valence-electron chi connectivity index (χ1n) is 4.26. The Bertz CT molecular complexity index is 434. The lowest BCUT2D eigenvalue weighted by molar-refractivity contribution is -0.394.